The average Bonchev–Trinajstić information content (AvgIpc) is 3.08. The third-order valence-corrected chi connectivity index (χ3v) is 3.56. The van der Waals surface area contributed by atoms with Crippen molar-refractivity contribution in [1.29, 1.82) is 5.26 Å². The highest BCUT2D eigenvalue weighted by molar-refractivity contribution is 5.48. The lowest BCUT2D eigenvalue weighted by Crippen LogP contribution is -2.06. The lowest BCUT2D eigenvalue weighted by molar-refractivity contribution is -0.137. The summed E-state index contributed by atoms with van der Waals surface area (Å²) in [4.78, 5) is 4.15. The summed E-state index contributed by atoms with van der Waals surface area (Å²) in [6.45, 7) is 9.84. The van der Waals surface area contributed by atoms with Gasteiger partial charge in [-0.1, -0.05) is 40.2 Å². The van der Waals surface area contributed by atoms with Crippen LogP contribution < -0.4 is 4.74 Å². The number of fused-ring (bicyclic) bond motifs is 1. The summed E-state index contributed by atoms with van der Waals surface area (Å²) >= 11 is 0. The summed E-state index contributed by atoms with van der Waals surface area (Å²) in [6, 6.07) is 9.10. The number of halogens is 3. The first-order valence-corrected chi connectivity index (χ1v) is 9.04. The van der Waals surface area contributed by atoms with Gasteiger partial charge in [-0.05, 0) is 42.3 Å². The van der Waals surface area contributed by atoms with E-state index in [2.05, 4.69) is 18.8 Å². The Labute approximate surface area is 158 Å². The molecule has 3 nitrogen and oxygen atoms in total. The van der Waals surface area contributed by atoms with E-state index in [1.54, 1.807) is 25.1 Å². The van der Waals surface area contributed by atoms with Crippen molar-refractivity contribution in [3.8, 4) is 11.8 Å². The molecule has 1 unspecified atom stereocenters. The fourth-order valence-electron chi connectivity index (χ4n) is 2.57. The maximum Gasteiger partial charge on any atom is 0.416 e. The maximum atomic E-state index is 12.9. The van der Waals surface area contributed by atoms with Gasteiger partial charge < -0.3 is 4.74 Å². The van der Waals surface area contributed by atoms with E-state index in [9.17, 15) is 13.2 Å². The van der Waals surface area contributed by atoms with E-state index in [0.29, 0.717) is 29.0 Å². The Morgan fingerprint density at radius 1 is 1.22 bits per heavy atom. The zero-order valence-electron chi connectivity index (χ0n) is 16.3. The number of hydrogen-bond donors (Lipinski definition) is 0. The lowest BCUT2D eigenvalue weighted by Gasteiger charge is -2.12. The molecule has 1 atom stereocenters. The minimum absolute atomic E-state index is 0.254. The van der Waals surface area contributed by atoms with E-state index >= 15 is 0 Å². The highest BCUT2D eigenvalue weighted by atomic mass is 19.4. The van der Waals surface area contributed by atoms with Crippen molar-refractivity contribution >= 4 is 0 Å². The molecule has 2 heterocycles. The number of ether oxygens (including phenoxy) is 1. The maximum absolute atomic E-state index is 12.9. The van der Waals surface area contributed by atoms with Crippen LogP contribution in [0.3, 0.4) is 0 Å². The Bertz CT molecular complexity index is 795. The van der Waals surface area contributed by atoms with Crippen LogP contribution in [0.2, 0.25) is 0 Å². The predicted molar refractivity (Wildman–Crippen MR) is 99.5 cm³/mol. The van der Waals surface area contributed by atoms with Crippen molar-refractivity contribution in [2.24, 2.45) is 0 Å². The van der Waals surface area contributed by atoms with E-state index in [0.717, 1.165) is 12.1 Å². The molecule has 6 heteroatoms. The third kappa shape index (κ3) is 5.72. The van der Waals surface area contributed by atoms with Crippen LogP contribution in [0.4, 0.5) is 13.2 Å². The molecule has 1 aromatic carbocycles. The van der Waals surface area contributed by atoms with E-state index in [1.165, 1.54) is 6.42 Å². The number of pyridine rings is 1. The fourth-order valence-corrected chi connectivity index (χ4v) is 2.57. The Morgan fingerprint density at radius 3 is 2.41 bits per heavy atom. The molecule has 1 aliphatic heterocycles. The van der Waals surface area contributed by atoms with Crippen LogP contribution in [0.5, 0.6) is 5.75 Å². The average molecular weight is 378 g/mol. The summed E-state index contributed by atoms with van der Waals surface area (Å²) in [5.74, 6) is 0.474. The topological polar surface area (TPSA) is 45.9 Å². The van der Waals surface area contributed by atoms with Crippen LogP contribution in [0.15, 0.2) is 30.3 Å². The second-order valence-corrected chi connectivity index (χ2v) is 5.86. The van der Waals surface area contributed by atoms with Gasteiger partial charge in [0.15, 0.2) is 0 Å². The summed E-state index contributed by atoms with van der Waals surface area (Å²) in [5.41, 5.74) is 1.09. The smallest absolute Gasteiger partial charge is 0.416 e. The molecule has 0 N–H and O–H groups in total. The predicted octanol–water partition coefficient (Wildman–Crippen LogP) is 6.40. The van der Waals surface area contributed by atoms with Crippen molar-refractivity contribution < 1.29 is 17.9 Å². The molecular formula is C21H25F3N2O. The van der Waals surface area contributed by atoms with Gasteiger partial charge in [0.05, 0.1) is 11.3 Å². The van der Waals surface area contributed by atoms with Crippen molar-refractivity contribution in [2.45, 2.75) is 59.7 Å². The quantitative estimate of drug-likeness (QED) is 0.577. The van der Waals surface area contributed by atoms with Gasteiger partial charge in [-0.15, -0.1) is 0 Å². The number of nitrogens with zero attached hydrogens (tertiary/aromatic N) is 2. The van der Waals surface area contributed by atoms with Crippen LogP contribution in [0, 0.1) is 18.3 Å². The van der Waals surface area contributed by atoms with E-state index in [4.69, 9.17) is 10.00 Å². The first kappa shape index (κ1) is 22.5. The van der Waals surface area contributed by atoms with E-state index in [1.807, 2.05) is 19.9 Å². The Morgan fingerprint density at radius 2 is 1.85 bits per heavy atom. The van der Waals surface area contributed by atoms with Gasteiger partial charge in [0.25, 0.3) is 0 Å². The van der Waals surface area contributed by atoms with Crippen molar-refractivity contribution in [1.82, 2.24) is 4.98 Å². The molecule has 0 fully saturated rings. The molecule has 2 aromatic rings. The highest BCUT2D eigenvalue weighted by Gasteiger charge is 2.35. The number of alkyl halides is 3. The van der Waals surface area contributed by atoms with Gasteiger partial charge >= 0.3 is 6.18 Å². The second-order valence-electron chi connectivity index (χ2n) is 5.86. The normalized spacial score (nSPS) is 14.6. The molecule has 0 bridgehead atoms. The monoisotopic (exact) mass is 378 g/mol. The van der Waals surface area contributed by atoms with Crippen LogP contribution in [0.25, 0.3) is 0 Å². The van der Waals surface area contributed by atoms with Crippen LogP contribution in [-0.2, 0) is 12.6 Å². The van der Waals surface area contributed by atoms with Gasteiger partial charge in [0, 0.05) is 6.42 Å². The summed E-state index contributed by atoms with van der Waals surface area (Å²) in [6.07, 6.45) is -3.29. The van der Waals surface area contributed by atoms with Gasteiger partial charge in [0.1, 0.15) is 23.6 Å². The Kier molecular flexibility index (Phi) is 8.30. The second kappa shape index (κ2) is 9.96. The molecule has 0 saturated carbocycles. The van der Waals surface area contributed by atoms with E-state index in [-0.39, 0.29) is 5.69 Å². The molecule has 1 aromatic heterocycles. The minimum Gasteiger partial charge on any atom is -0.483 e. The number of nitriles is 1. The third-order valence-electron chi connectivity index (χ3n) is 3.56. The van der Waals surface area contributed by atoms with Gasteiger partial charge in [0.2, 0.25) is 0 Å². The Hall–Kier alpha value is -2.55. The van der Waals surface area contributed by atoms with Crippen molar-refractivity contribution in [2.75, 3.05) is 0 Å². The molecule has 27 heavy (non-hydrogen) atoms. The zero-order valence-corrected chi connectivity index (χ0v) is 16.3. The number of hydrogen-bond acceptors (Lipinski definition) is 3. The van der Waals surface area contributed by atoms with Crippen molar-refractivity contribution in [3.05, 3.63) is 58.4 Å². The first-order valence-electron chi connectivity index (χ1n) is 9.04. The largest absolute Gasteiger partial charge is 0.483 e. The number of aryl methyl sites for hydroxylation is 1. The van der Waals surface area contributed by atoms with Gasteiger partial charge in [-0.25, -0.2) is 4.98 Å². The number of benzene rings is 1. The lowest BCUT2D eigenvalue weighted by atomic mass is 10.0. The fraction of sp³-hybridized carbons (Fsp3) is 0.429. The zero-order chi connectivity index (χ0) is 20.6. The van der Waals surface area contributed by atoms with Gasteiger partial charge in [-0.3, -0.25) is 0 Å². The molecule has 0 aliphatic carbocycles. The Balaban J connectivity index is 0.000000665. The SMILES string of the molecule is CC.CCC.Cc1cc(C(F)(F)F)cc2c1OC(c1cccc(C#N)n1)C2. The molecule has 146 valence electrons. The van der Waals surface area contributed by atoms with Crippen molar-refractivity contribution in [3.63, 3.8) is 0 Å². The van der Waals surface area contributed by atoms with Crippen LogP contribution >= 0.6 is 0 Å². The van der Waals surface area contributed by atoms with Gasteiger partial charge in [-0.2, -0.15) is 18.4 Å². The molecular weight excluding hydrogens is 353 g/mol. The number of rotatable bonds is 1. The minimum atomic E-state index is -4.38. The molecule has 0 radical (unpaired) electrons. The first-order chi connectivity index (χ1) is 12.8. The summed E-state index contributed by atoms with van der Waals surface area (Å²) in [7, 11) is 0. The molecule has 0 amide bonds. The van der Waals surface area contributed by atoms with E-state index < -0.39 is 17.8 Å². The molecule has 0 spiro atoms. The van der Waals surface area contributed by atoms with Crippen LogP contribution in [0.1, 0.15) is 68.3 Å². The summed E-state index contributed by atoms with van der Waals surface area (Å²) in [5, 5.41) is 8.87. The molecule has 1 aliphatic rings. The number of aromatic nitrogens is 1. The standard InChI is InChI=1S/C16H11F3N2O.C3H8.C2H6/c1-9-5-11(16(17,18)19)6-10-7-14(22-15(9)10)13-4-2-3-12(8-20)21-13;1-3-2;1-2/h2-6,14H,7H2,1H3;3H2,1-2H3;1-2H3. The molecule has 0 saturated heterocycles. The van der Waals surface area contributed by atoms with Crippen LogP contribution in [-0.4, -0.2) is 4.98 Å². The summed E-state index contributed by atoms with van der Waals surface area (Å²) < 4.78 is 44.3. The molecule has 3 rings (SSSR count). The highest BCUT2D eigenvalue weighted by Crippen LogP contribution is 2.42.